The highest BCUT2D eigenvalue weighted by molar-refractivity contribution is 5.88. The summed E-state index contributed by atoms with van der Waals surface area (Å²) in [5.74, 6) is 0.201. The van der Waals surface area contributed by atoms with Gasteiger partial charge in [0.25, 0.3) is 0 Å². The van der Waals surface area contributed by atoms with E-state index in [9.17, 15) is 9.50 Å². The van der Waals surface area contributed by atoms with E-state index in [4.69, 9.17) is 0 Å². The van der Waals surface area contributed by atoms with Gasteiger partial charge in [-0.25, -0.2) is 14.4 Å². The predicted octanol–water partition coefficient (Wildman–Crippen LogP) is 3.01. The first-order chi connectivity index (χ1) is 11.2. The summed E-state index contributed by atoms with van der Waals surface area (Å²) in [5.41, 5.74) is 1.87. The zero-order valence-corrected chi connectivity index (χ0v) is 12.5. The van der Waals surface area contributed by atoms with Crippen LogP contribution in [0.4, 0.5) is 10.2 Å². The second kappa shape index (κ2) is 5.28. The fraction of sp³-hybridized carbons (Fsp3) is 0.222. The summed E-state index contributed by atoms with van der Waals surface area (Å²) < 4.78 is 13.5. The first kappa shape index (κ1) is 14.1. The van der Waals surface area contributed by atoms with Gasteiger partial charge in [-0.05, 0) is 42.2 Å². The van der Waals surface area contributed by atoms with Crippen LogP contribution >= 0.6 is 0 Å². The summed E-state index contributed by atoms with van der Waals surface area (Å²) in [6, 6.07) is 12.3. The standard InChI is InChI=1S/C18H16FN3O/c19-13-5-6-16-14(9-13)17(22-11-21-16)20-10-18(23)8-7-12-3-1-2-4-15(12)18/h1-6,9,11,23H,7-8,10H2,(H,20,21,22)/t18-/m0/s1. The van der Waals surface area contributed by atoms with Crippen molar-refractivity contribution in [1.29, 1.82) is 0 Å². The van der Waals surface area contributed by atoms with Gasteiger partial charge in [0.2, 0.25) is 0 Å². The van der Waals surface area contributed by atoms with E-state index in [-0.39, 0.29) is 5.82 Å². The quantitative estimate of drug-likeness (QED) is 0.781. The van der Waals surface area contributed by atoms with E-state index in [2.05, 4.69) is 15.3 Å². The molecule has 2 aromatic carbocycles. The molecule has 0 aliphatic heterocycles. The number of anilines is 1. The fourth-order valence-electron chi connectivity index (χ4n) is 3.25. The molecule has 0 saturated heterocycles. The van der Waals surface area contributed by atoms with E-state index < -0.39 is 5.60 Å². The highest BCUT2D eigenvalue weighted by Crippen LogP contribution is 2.37. The Hall–Kier alpha value is -2.53. The molecule has 0 spiro atoms. The Bertz CT molecular complexity index is 883. The lowest BCUT2D eigenvalue weighted by Gasteiger charge is -2.25. The van der Waals surface area contributed by atoms with Gasteiger partial charge in [-0.1, -0.05) is 24.3 Å². The van der Waals surface area contributed by atoms with Gasteiger partial charge in [0, 0.05) is 11.9 Å². The number of halogens is 1. The summed E-state index contributed by atoms with van der Waals surface area (Å²) in [6.07, 6.45) is 2.96. The first-order valence-electron chi connectivity index (χ1n) is 7.61. The number of nitrogens with zero attached hydrogens (tertiary/aromatic N) is 2. The average Bonchev–Trinajstić information content (AvgIpc) is 2.91. The molecule has 1 aromatic heterocycles. The molecule has 1 aliphatic carbocycles. The van der Waals surface area contributed by atoms with Crippen molar-refractivity contribution in [2.75, 3.05) is 11.9 Å². The molecule has 1 aliphatic rings. The van der Waals surface area contributed by atoms with Crippen LogP contribution in [-0.2, 0) is 12.0 Å². The molecule has 0 radical (unpaired) electrons. The van der Waals surface area contributed by atoms with Gasteiger partial charge in [-0.15, -0.1) is 0 Å². The van der Waals surface area contributed by atoms with Gasteiger partial charge >= 0.3 is 0 Å². The summed E-state index contributed by atoms with van der Waals surface area (Å²) in [6.45, 7) is 0.326. The van der Waals surface area contributed by atoms with Crippen LogP contribution < -0.4 is 5.32 Å². The van der Waals surface area contributed by atoms with Crippen molar-refractivity contribution >= 4 is 16.7 Å². The van der Waals surface area contributed by atoms with E-state index in [0.29, 0.717) is 29.7 Å². The molecule has 116 valence electrons. The predicted molar refractivity (Wildman–Crippen MR) is 86.6 cm³/mol. The summed E-state index contributed by atoms with van der Waals surface area (Å²) >= 11 is 0. The minimum absolute atomic E-state index is 0.326. The lowest BCUT2D eigenvalue weighted by Crippen LogP contribution is -2.32. The molecule has 4 rings (SSSR count). The molecule has 1 heterocycles. The lowest BCUT2D eigenvalue weighted by atomic mass is 9.96. The molecule has 2 N–H and O–H groups in total. The highest BCUT2D eigenvalue weighted by atomic mass is 19.1. The van der Waals surface area contributed by atoms with Gasteiger partial charge < -0.3 is 10.4 Å². The molecule has 23 heavy (non-hydrogen) atoms. The molecule has 0 bridgehead atoms. The molecular formula is C18H16FN3O. The Morgan fingerprint density at radius 3 is 2.96 bits per heavy atom. The van der Waals surface area contributed by atoms with Crippen molar-refractivity contribution in [1.82, 2.24) is 9.97 Å². The van der Waals surface area contributed by atoms with Gasteiger partial charge in [-0.3, -0.25) is 0 Å². The van der Waals surface area contributed by atoms with Crippen molar-refractivity contribution in [3.8, 4) is 0 Å². The molecule has 3 aromatic rings. The van der Waals surface area contributed by atoms with Gasteiger partial charge in [-0.2, -0.15) is 0 Å². The Kier molecular flexibility index (Phi) is 3.23. The third-order valence-corrected chi connectivity index (χ3v) is 4.47. The number of hydrogen-bond donors (Lipinski definition) is 2. The number of fused-ring (bicyclic) bond motifs is 2. The highest BCUT2D eigenvalue weighted by Gasteiger charge is 2.36. The second-order valence-electron chi connectivity index (χ2n) is 5.93. The molecular weight excluding hydrogens is 293 g/mol. The van der Waals surface area contributed by atoms with Crippen LogP contribution in [0.3, 0.4) is 0 Å². The third-order valence-electron chi connectivity index (χ3n) is 4.47. The SMILES string of the molecule is O[C@]1(CNc2ncnc3ccc(F)cc23)CCc2ccccc21. The maximum absolute atomic E-state index is 13.5. The van der Waals surface area contributed by atoms with E-state index in [0.717, 1.165) is 12.0 Å². The first-order valence-corrected chi connectivity index (χ1v) is 7.61. The van der Waals surface area contributed by atoms with Crippen LogP contribution in [0, 0.1) is 5.82 Å². The Morgan fingerprint density at radius 2 is 2.04 bits per heavy atom. The maximum Gasteiger partial charge on any atom is 0.137 e. The zero-order chi connectivity index (χ0) is 15.9. The van der Waals surface area contributed by atoms with Crippen LogP contribution in [0.5, 0.6) is 0 Å². The van der Waals surface area contributed by atoms with Crippen LogP contribution in [0.25, 0.3) is 10.9 Å². The van der Waals surface area contributed by atoms with Gasteiger partial charge in [0.1, 0.15) is 23.6 Å². The van der Waals surface area contributed by atoms with E-state index >= 15 is 0 Å². The fourth-order valence-corrected chi connectivity index (χ4v) is 3.25. The number of hydrogen-bond acceptors (Lipinski definition) is 4. The van der Waals surface area contributed by atoms with Crippen LogP contribution in [0.2, 0.25) is 0 Å². The van der Waals surface area contributed by atoms with E-state index in [1.54, 1.807) is 6.07 Å². The van der Waals surface area contributed by atoms with E-state index in [1.165, 1.54) is 24.0 Å². The molecule has 0 amide bonds. The largest absolute Gasteiger partial charge is 0.383 e. The molecule has 0 saturated carbocycles. The minimum Gasteiger partial charge on any atom is -0.383 e. The summed E-state index contributed by atoms with van der Waals surface area (Å²) in [5, 5.41) is 14.7. The molecule has 5 heteroatoms. The average molecular weight is 309 g/mol. The van der Waals surface area contributed by atoms with E-state index in [1.807, 2.05) is 24.3 Å². The number of nitrogens with one attached hydrogen (secondary N) is 1. The smallest absolute Gasteiger partial charge is 0.137 e. The van der Waals surface area contributed by atoms with Crippen molar-refractivity contribution < 1.29 is 9.50 Å². The molecule has 1 atom stereocenters. The molecule has 0 unspecified atom stereocenters. The van der Waals surface area contributed by atoms with Crippen molar-refractivity contribution in [3.63, 3.8) is 0 Å². The summed E-state index contributed by atoms with van der Waals surface area (Å²) in [4.78, 5) is 8.33. The Labute approximate surface area is 133 Å². The normalized spacial score (nSPS) is 19.7. The monoisotopic (exact) mass is 309 g/mol. The van der Waals surface area contributed by atoms with Gasteiger partial charge in [0.05, 0.1) is 5.52 Å². The minimum atomic E-state index is -0.929. The number of aliphatic hydroxyl groups is 1. The Morgan fingerprint density at radius 1 is 1.17 bits per heavy atom. The maximum atomic E-state index is 13.5. The summed E-state index contributed by atoms with van der Waals surface area (Å²) in [7, 11) is 0. The van der Waals surface area contributed by atoms with Crippen LogP contribution in [0.1, 0.15) is 17.5 Å². The number of benzene rings is 2. The van der Waals surface area contributed by atoms with Crippen molar-refractivity contribution in [2.24, 2.45) is 0 Å². The van der Waals surface area contributed by atoms with Gasteiger partial charge in [0.15, 0.2) is 0 Å². The zero-order valence-electron chi connectivity index (χ0n) is 12.5. The number of rotatable bonds is 3. The number of aromatic nitrogens is 2. The molecule has 0 fully saturated rings. The van der Waals surface area contributed by atoms with Crippen LogP contribution in [0.15, 0.2) is 48.8 Å². The van der Waals surface area contributed by atoms with Crippen molar-refractivity contribution in [2.45, 2.75) is 18.4 Å². The number of aryl methyl sites for hydroxylation is 1. The Balaban J connectivity index is 1.64. The second-order valence-corrected chi connectivity index (χ2v) is 5.93. The van der Waals surface area contributed by atoms with Crippen molar-refractivity contribution in [3.05, 3.63) is 65.7 Å². The van der Waals surface area contributed by atoms with Crippen LogP contribution in [-0.4, -0.2) is 21.6 Å². The molecule has 4 nitrogen and oxygen atoms in total. The third kappa shape index (κ3) is 2.43. The topological polar surface area (TPSA) is 58.0 Å². The lowest BCUT2D eigenvalue weighted by molar-refractivity contribution is 0.0526.